The largest absolute Gasteiger partial charge is 0.435 e. The molecule has 228 valence electrons. The third-order valence-electron chi connectivity index (χ3n) is 7.51. The summed E-state index contributed by atoms with van der Waals surface area (Å²) in [6, 6.07) is 8.92. The Labute approximate surface area is 249 Å². The number of amides is 1. The lowest BCUT2D eigenvalue weighted by Crippen LogP contribution is -2.50. The Kier molecular flexibility index (Phi) is 9.03. The van der Waals surface area contributed by atoms with Gasteiger partial charge in [-0.3, -0.25) is 4.79 Å². The molecule has 5 rings (SSSR count). The van der Waals surface area contributed by atoms with Crippen LogP contribution in [0.5, 0.6) is 0 Å². The third-order valence-corrected chi connectivity index (χ3v) is 8.63. The number of halogens is 5. The normalized spacial score (nSPS) is 17.7. The molecule has 2 fully saturated rings. The second kappa shape index (κ2) is 12.6. The molecular formula is C30H29F5N4O3S. The van der Waals surface area contributed by atoms with Crippen LogP contribution in [0.2, 0.25) is 0 Å². The van der Waals surface area contributed by atoms with Crippen molar-refractivity contribution in [1.29, 1.82) is 0 Å². The van der Waals surface area contributed by atoms with E-state index < -0.39 is 52.0 Å². The van der Waals surface area contributed by atoms with Gasteiger partial charge in [-0.25, -0.2) is 13.8 Å². The van der Waals surface area contributed by atoms with Gasteiger partial charge in [0.05, 0.1) is 25.4 Å². The van der Waals surface area contributed by atoms with Gasteiger partial charge in [-0.2, -0.15) is 13.2 Å². The number of nitrogens with zero attached hydrogens (tertiary/aromatic N) is 2. The van der Waals surface area contributed by atoms with Crippen molar-refractivity contribution < 1.29 is 36.6 Å². The van der Waals surface area contributed by atoms with Gasteiger partial charge in [0, 0.05) is 36.8 Å². The summed E-state index contributed by atoms with van der Waals surface area (Å²) in [5, 5.41) is 17.0. The maximum atomic E-state index is 14.0. The van der Waals surface area contributed by atoms with Crippen molar-refractivity contribution in [2.45, 2.75) is 43.1 Å². The number of aromatic nitrogens is 1. The maximum absolute atomic E-state index is 14.0. The van der Waals surface area contributed by atoms with Crippen LogP contribution in [0.3, 0.4) is 0 Å². The Balaban J connectivity index is 1.38. The lowest BCUT2D eigenvalue weighted by atomic mass is 9.98. The number of hydrogen-bond donors (Lipinski definition) is 3. The molecule has 1 aliphatic carbocycles. The summed E-state index contributed by atoms with van der Waals surface area (Å²) < 4.78 is 75.1. The summed E-state index contributed by atoms with van der Waals surface area (Å²) >= 11 is 0.588. The highest BCUT2D eigenvalue weighted by molar-refractivity contribution is 7.17. The molecule has 2 unspecified atom stereocenters. The summed E-state index contributed by atoms with van der Waals surface area (Å²) in [6.45, 7) is 1.17. The van der Waals surface area contributed by atoms with Gasteiger partial charge >= 0.3 is 6.18 Å². The molecule has 3 N–H and O–H groups in total. The minimum Gasteiger partial charge on any atom is -0.390 e. The van der Waals surface area contributed by atoms with Gasteiger partial charge < -0.3 is 25.4 Å². The number of carbonyl (C=O) groups excluding carboxylic acids is 1. The monoisotopic (exact) mass is 620 g/mol. The fourth-order valence-electron chi connectivity index (χ4n) is 5.09. The number of carbonyl (C=O) groups is 1. The van der Waals surface area contributed by atoms with Gasteiger partial charge in [-0.05, 0) is 54.7 Å². The van der Waals surface area contributed by atoms with Crippen molar-refractivity contribution in [3.05, 3.63) is 81.4 Å². The predicted octanol–water partition coefficient (Wildman–Crippen LogP) is 4.24. The lowest BCUT2D eigenvalue weighted by Gasteiger charge is -2.27. The predicted molar refractivity (Wildman–Crippen MR) is 151 cm³/mol. The van der Waals surface area contributed by atoms with E-state index in [0.717, 1.165) is 30.5 Å². The number of rotatable bonds is 10. The maximum Gasteiger partial charge on any atom is 0.435 e. The smallest absolute Gasteiger partial charge is 0.390 e. The van der Waals surface area contributed by atoms with E-state index in [1.54, 1.807) is 11.0 Å². The second-order valence-electron chi connectivity index (χ2n) is 10.6. The first-order chi connectivity index (χ1) is 20.5. The number of nitrogens with one attached hydrogen (secondary N) is 2. The summed E-state index contributed by atoms with van der Waals surface area (Å²) in [4.78, 5) is 18.0. The summed E-state index contributed by atoms with van der Waals surface area (Å²) in [7, 11) is 0. The van der Waals surface area contributed by atoms with Crippen LogP contribution in [0.15, 0.2) is 42.5 Å². The molecule has 2 aliphatic rings. The van der Waals surface area contributed by atoms with Crippen LogP contribution >= 0.6 is 11.3 Å². The Morgan fingerprint density at radius 2 is 1.86 bits per heavy atom. The summed E-state index contributed by atoms with van der Waals surface area (Å²) in [6.07, 6.45) is 0.518. The third kappa shape index (κ3) is 7.33. The van der Waals surface area contributed by atoms with E-state index in [-0.39, 0.29) is 23.7 Å². The Hall–Kier alpha value is -3.57. The van der Waals surface area contributed by atoms with E-state index in [0.29, 0.717) is 49.3 Å². The highest BCUT2D eigenvalue weighted by atomic mass is 32.1. The molecule has 1 saturated heterocycles. The number of aliphatic hydroxyl groups excluding tert-OH is 1. The minimum absolute atomic E-state index is 0.0246. The molecule has 0 radical (unpaired) electrons. The topological polar surface area (TPSA) is 86.7 Å². The molecule has 1 amide bonds. The minimum atomic E-state index is -4.92. The number of thiazole rings is 1. The molecule has 1 saturated carbocycles. The molecule has 7 nitrogen and oxygen atoms in total. The van der Waals surface area contributed by atoms with E-state index in [2.05, 4.69) is 21.5 Å². The molecule has 0 bridgehead atoms. The van der Waals surface area contributed by atoms with Crippen LogP contribution in [0, 0.1) is 24.0 Å². The summed E-state index contributed by atoms with van der Waals surface area (Å²) in [5.41, 5.74) is -0.102. The standard InChI is InChI=1S/C30H29F5N4O3S/c1-2-18-4-3-5-20(12-18)29(6-7-29)36-17-24(40)23(15-19-13-21(31)16-22(32)14-19)37-27(41)25-26(30(33,34)35)38-28(43-25)39-8-10-42-11-9-39/h1,3-5,12-14,16,23-24,36,40H,6-11,15,17H2,(H,37,41). The molecule has 0 spiro atoms. The van der Waals surface area contributed by atoms with Gasteiger partial charge in [0.15, 0.2) is 10.8 Å². The van der Waals surface area contributed by atoms with Crippen molar-refractivity contribution in [2.24, 2.45) is 0 Å². The molecule has 1 aromatic heterocycles. The number of morpholine rings is 1. The first kappa shape index (κ1) is 30.9. The van der Waals surface area contributed by atoms with Crippen molar-refractivity contribution in [1.82, 2.24) is 15.6 Å². The van der Waals surface area contributed by atoms with Gasteiger partial charge in [-0.1, -0.05) is 29.4 Å². The van der Waals surface area contributed by atoms with E-state index in [1.165, 1.54) is 0 Å². The average Bonchev–Trinajstić information content (AvgIpc) is 3.62. The van der Waals surface area contributed by atoms with Crippen LogP contribution in [-0.2, 0) is 22.9 Å². The fraction of sp³-hybridized carbons (Fsp3) is 0.400. The van der Waals surface area contributed by atoms with Crippen LogP contribution in [0.4, 0.5) is 27.1 Å². The Morgan fingerprint density at radius 3 is 2.49 bits per heavy atom. The average molecular weight is 621 g/mol. The van der Waals surface area contributed by atoms with Gasteiger partial charge in [0.2, 0.25) is 0 Å². The molecule has 2 heterocycles. The van der Waals surface area contributed by atoms with Gasteiger partial charge in [0.25, 0.3) is 5.91 Å². The SMILES string of the molecule is C#Cc1cccc(C2(NCC(O)C(Cc3cc(F)cc(F)c3)NC(=O)c3sc(N4CCOCC4)nc3C(F)(F)F)CC2)c1. The van der Waals surface area contributed by atoms with Crippen LogP contribution < -0.4 is 15.5 Å². The molecule has 43 heavy (non-hydrogen) atoms. The van der Waals surface area contributed by atoms with Crippen molar-refractivity contribution >= 4 is 22.4 Å². The molecule has 13 heteroatoms. The number of hydrogen-bond acceptors (Lipinski definition) is 7. The van der Waals surface area contributed by atoms with E-state index in [4.69, 9.17) is 11.2 Å². The number of ether oxygens (including phenoxy) is 1. The molecule has 1 aliphatic heterocycles. The van der Waals surface area contributed by atoms with Crippen molar-refractivity contribution in [2.75, 3.05) is 37.7 Å². The van der Waals surface area contributed by atoms with Gasteiger partial charge in [-0.15, -0.1) is 6.42 Å². The number of aliphatic hydroxyl groups is 1. The van der Waals surface area contributed by atoms with Crippen molar-refractivity contribution in [3.8, 4) is 12.3 Å². The molecule has 2 atom stereocenters. The number of terminal acetylenes is 1. The van der Waals surface area contributed by atoms with E-state index in [1.807, 2.05) is 18.2 Å². The second-order valence-corrected chi connectivity index (χ2v) is 11.6. The number of benzene rings is 2. The summed E-state index contributed by atoms with van der Waals surface area (Å²) in [5.74, 6) is -0.253. The van der Waals surface area contributed by atoms with E-state index >= 15 is 0 Å². The number of anilines is 1. The first-order valence-corrected chi connectivity index (χ1v) is 14.5. The molecule has 2 aromatic carbocycles. The Morgan fingerprint density at radius 1 is 1.16 bits per heavy atom. The molecule has 3 aromatic rings. The first-order valence-electron chi connectivity index (χ1n) is 13.6. The van der Waals surface area contributed by atoms with Crippen LogP contribution in [0.1, 0.15) is 44.9 Å². The van der Waals surface area contributed by atoms with Crippen LogP contribution in [-0.4, -0.2) is 61.0 Å². The molecular weight excluding hydrogens is 591 g/mol. The fourth-order valence-corrected chi connectivity index (χ4v) is 6.13. The number of alkyl halides is 3. The highest BCUT2D eigenvalue weighted by Crippen LogP contribution is 2.45. The van der Waals surface area contributed by atoms with Gasteiger partial charge in [0.1, 0.15) is 16.5 Å². The lowest BCUT2D eigenvalue weighted by molar-refractivity contribution is -0.141. The quantitative estimate of drug-likeness (QED) is 0.232. The van der Waals surface area contributed by atoms with E-state index in [9.17, 15) is 31.9 Å². The van der Waals surface area contributed by atoms with Crippen molar-refractivity contribution in [3.63, 3.8) is 0 Å². The zero-order valence-corrected chi connectivity index (χ0v) is 23.7. The zero-order chi connectivity index (χ0) is 30.8. The van der Waals surface area contributed by atoms with Crippen LogP contribution in [0.25, 0.3) is 0 Å². The highest BCUT2D eigenvalue weighted by Gasteiger charge is 2.45. The zero-order valence-electron chi connectivity index (χ0n) is 22.9. The Bertz CT molecular complexity index is 1490.